The lowest BCUT2D eigenvalue weighted by Gasteiger charge is -2.36. The minimum absolute atomic E-state index is 0.0195. The predicted octanol–water partition coefficient (Wildman–Crippen LogP) is 5.14. The van der Waals surface area contributed by atoms with Crippen LogP contribution in [0, 0.1) is 6.92 Å². The zero-order chi connectivity index (χ0) is 19.5. The van der Waals surface area contributed by atoms with Gasteiger partial charge in [-0.15, -0.1) is 11.3 Å². The highest BCUT2D eigenvalue weighted by Gasteiger charge is 2.26. The van der Waals surface area contributed by atoms with Crippen molar-refractivity contribution in [3.05, 3.63) is 63.3 Å². The third-order valence-electron chi connectivity index (χ3n) is 5.47. The van der Waals surface area contributed by atoms with Crippen molar-refractivity contribution in [3.8, 4) is 10.6 Å². The summed E-state index contributed by atoms with van der Waals surface area (Å²) in [4.78, 5) is 20.6. The lowest BCUT2D eigenvalue weighted by molar-refractivity contribution is 0.0899. The van der Waals surface area contributed by atoms with Crippen molar-refractivity contribution in [1.82, 2.24) is 15.2 Å². The van der Waals surface area contributed by atoms with Crippen molar-refractivity contribution >= 4 is 28.6 Å². The number of nitrogens with one attached hydrogen (secondary N) is 1. The van der Waals surface area contributed by atoms with Crippen LogP contribution in [0.2, 0.25) is 0 Å². The van der Waals surface area contributed by atoms with E-state index in [9.17, 15) is 4.79 Å². The number of thiazole rings is 1. The summed E-state index contributed by atoms with van der Waals surface area (Å²) in [6, 6.07) is 13.3. The molecule has 3 heterocycles. The third kappa shape index (κ3) is 4.19. The molecule has 4 rings (SSSR count). The van der Waals surface area contributed by atoms with Crippen molar-refractivity contribution in [2.24, 2.45) is 0 Å². The van der Waals surface area contributed by atoms with E-state index in [4.69, 9.17) is 0 Å². The Bertz CT molecular complexity index is 913. The second-order valence-corrected chi connectivity index (χ2v) is 9.10. The summed E-state index contributed by atoms with van der Waals surface area (Å²) in [6.07, 6.45) is 1.97. The van der Waals surface area contributed by atoms with E-state index in [1.165, 1.54) is 16.9 Å². The molecule has 1 aliphatic heterocycles. The highest BCUT2D eigenvalue weighted by atomic mass is 32.1. The van der Waals surface area contributed by atoms with E-state index in [1.807, 2.05) is 18.4 Å². The highest BCUT2D eigenvalue weighted by molar-refractivity contribution is 7.17. The van der Waals surface area contributed by atoms with Gasteiger partial charge in [0.1, 0.15) is 9.88 Å². The van der Waals surface area contributed by atoms with Crippen LogP contribution in [-0.2, 0) is 0 Å². The molecule has 1 atom stereocenters. The molecular weight excluding hydrogens is 386 g/mol. The van der Waals surface area contributed by atoms with E-state index in [2.05, 4.69) is 57.8 Å². The first kappa shape index (κ1) is 19.3. The predicted molar refractivity (Wildman–Crippen MR) is 117 cm³/mol. The molecule has 0 radical (unpaired) electrons. The largest absolute Gasteiger partial charge is 0.348 e. The van der Waals surface area contributed by atoms with Gasteiger partial charge in [0.15, 0.2) is 0 Å². The second kappa shape index (κ2) is 8.55. The summed E-state index contributed by atoms with van der Waals surface area (Å²) >= 11 is 3.14. The number of aromatic nitrogens is 1. The number of rotatable bonds is 5. The van der Waals surface area contributed by atoms with Crippen LogP contribution in [0.25, 0.3) is 10.6 Å². The number of likely N-dealkylation sites (tertiary alicyclic amines) is 1. The van der Waals surface area contributed by atoms with Crippen LogP contribution in [0.3, 0.4) is 0 Å². The Balaban J connectivity index is 1.34. The normalized spacial score (nSPS) is 16.8. The maximum absolute atomic E-state index is 12.8. The molecule has 6 heteroatoms. The van der Waals surface area contributed by atoms with Crippen molar-refractivity contribution in [2.75, 3.05) is 13.1 Å². The molecule has 0 spiro atoms. The summed E-state index contributed by atoms with van der Waals surface area (Å²) in [5.41, 5.74) is 3.27. The number of hydrogen-bond donors (Lipinski definition) is 1. The molecule has 1 aliphatic rings. The Hall–Kier alpha value is -2.02. The average Bonchev–Trinajstić information content (AvgIpc) is 3.38. The molecule has 0 bridgehead atoms. The molecule has 1 aromatic carbocycles. The molecule has 146 valence electrons. The van der Waals surface area contributed by atoms with Gasteiger partial charge in [-0.05, 0) is 43.7 Å². The molecule has 1 amide bonds. The van der Waals surface area contributed by atoms with Crippen molar-refractivity contribution in [3.63, 3.8) is 0 Å². The number of benzene rings is 1. The van der Waals surface area contributed by atoms with E-state index < -0.39 is 0 Å². The van der Waals surface area contributed by atoms with Crippen LogP contribution in [0.1, 0.15) is 46.7 Å². The van der Waals surface area contributed by atoms with E-state index >= 15 is 0 Å². The minimum Gasteiger partial charge on any atom is -0.348 e. The van der Waals surface area contributed by atoms with Gasteiger partial charge in [-0.1, -0.05) is 30.3 Å². The van der Waals surface area contributed by atoms with Gasteiger partial charge in [0, 0.05) is 36.1 Å². The van der Waals surface area contributed by atoms with Crippen LogP contribution in [0.15, 0.2) is 47.2 Å². The molecular formula is C22H25N3OS2. The van der Waals surface area contributed by atoms with Crippen molar-refractivity contribution < 1.29 is 4.79 Å². The smallest absolute Gasteiger partial charge is 0.263 e. The molecule has 3 aromatic rings. The quantitative estimate of drug-likeness (QED) is 0.633. The number of thiophene rings is 1. The van der Waals surface area contributed by atoms with Crippen LogP contribution in [-0.4, -0.2) is 34.9 Å². The maximum atomic E-state index is 12.8. The minimum atomic E-state index is 0.0195. The molecule has 1 fully saturated rings. The van der Waals surface area contributed by atoms with E-state index in [1.54, 1.807) is 11.3 Å². The summed E-state index contributed by atoms with van der Waals surface area (Å²) in [6.45, 7) is 6.19. The van der Waals surface area contributed by atoms with E-state index in [0.717, 1.165) is 47.1 Å². The molecule has 2 aromatic heterocycles. The van der Waals surface area contributed by atoms with Gasteiger partial charge in [-0.3, -0.25) is 9.69 Å². The number of amides is 1. The first-order chi connectivity index (χ1) is 13.6. The fourth-order valence-corrected chi connectivity index (χ4v) is 5.42. The number of carbonyl (C=O) groups excluding carboxylic acids is 1. The lowest BCUT2D eigenvalue weighted by Crippen LogP contribution is -2.45. The SMILES string of the molecule is Cc1nc(-c2ccsc2)sc1C(=O)NC1CCN(C(C)c2ccccc2)CC1. The number of hydrogen-bond acceptors (Lipinski definition) is 5. The van der Waals surface area contributed by atoms with E-state index in [0.29, 0.717) is 6.04 Å². The van der Waals surface area contributed by atoms with Gasteiger partial charge in [-0.2, -0.15) is 11.3 Å². The molecule has 28 heavy (non-hydrogen) atoms. The van der Waals surface area contributed by atoms with Crippen LogP contribution in [0.4, 0.5) is 0 Å². The van der Waals surface area contributed by atoms with Crippen LogP contribution >= 0.6 is 22.7 Å². The molecule has 4 nitrogen and oxygen atoms in total. The molecule has 1 N–H and O–H groups in total. The zero-order valence-corrected chi connectivity index (χ0v) is 17.9. The highest BCUT2D eigenvalue weighted by Crippen LogP contribution is 2.30. The van der Waals surface area contributed by atoms with Gasteiger partial charge < -0.3 is 5.32 Å². The van der Waals surface area contributed by atoms with Gasteiger partial charge in [0.2, 0.25) is 0 Å². The number of piperidine rings is 1. The van der Waals surface area contributed by atoms with Crippen LogP contribution in [0.5, 0.6) is 0 Å². The first-order valence-electron chi connectivity index (χ1n) is 9.71. The zero-order valence-electron chi connectivity index (χ0n) is 16.2. The van der Waals surface area contributed by atoms with Gasteiger partial charge in [-0.25, -0.2) is 4.98 Å². The fraction of sp³-hybridized carbons (Fsp3) is 0.364. The van der Waals surface area contributed by atoms with Gasteiger partial charge in [0.05, 0.1) is 5.69 Å². The molecule has 1 saturated heterocycles. The van der Waals surface area contributed by atoms with Crippen LogP contribution < -0.4 is 5.32 Å². The molecule has 0 saturated carbocycles. The Kier molecular flexibility index (Phi) is 5.90. The standard InChI is InChI=1S/C22H25N3OS2/c1-15-20(28-22(23-15)18-10-13-27-14-18)21(26)24-19-8-11-25(12-9-19)16(2)17-6-4-3-5-7-17/h3-7,10,13-14,16,19H,8-9,11-12H2,1-2H3,(H,24,26). The Labute approximate surface area is 174 Å². The Morgan fingerprint density at radius 3 is 2.64 bits per heavy atom. The summed E-state index contributed by atoms with van der Waals surface area (Å²) in [7, 11) is 0. The monoisotopic (exact) mass is 411 g/mol. The maximum Gasteiger partial charge on any atom is 0.263 e. The average molecular weight is 412 g/mol. The molecule has 1 unspecified atom stereocenters. The Morgan fingerprint density at radius 2 is 1.96 bits per heavy atom. The second-order valence-electron chi connectivity index (χ2n) is 7.32. The fourth-order valence-electron chi connectivity index (χ4n) is 3.74. The third-order valence-corrected chi connectivity index (χ3v) is 7.35. The van der Waals surface area contributed by atoms with Gasteiger partial charge >= 0.3 is 0 Å². The Morgan fingerprint density at radius 1 is 1.21 bits per heavy atom. The first-order valence-corrected chi connectivity index (χ1v) is 11.5. The molecule has 0 aliphatic carbocycles. The lowest BCUT2D eigenvalue weighted by atomic mass is 10.00. The number of carbonyl (C=O) groups is 1. The van der Waals surface area contributed by atoms with Crippen molar-refractivity contribution in [1.29, 1.82) is 0 Å². The number of nitrogens with zero attached hydrogens (tertiary/aromatic N) is 2. The van der Waals surface area contributed by atoms with E-state index in [-0.39, 0.29) is 11.9 Å². The summed E-state index contributed by atoms with van der Waals surface area (Å²) in [5.74, 6) is 0.0195. The number of aryl methyl sites for hydroxylation is 1. The van der Waals surface area contributed by atoms with Gasteiger partial charge in [0.25, 0.3) is 5.91 Å². The summed E-state index contributed by atoms with van der Waals surface area (Å²) < 4.78 is 0. The van der Waals surface area contributed by atoms with Crippen molar-refractivity contribution in [2.45, 2.75) is 38.8 Å². The topological polar surface area (TPSA) is 45.2 Å². The summed E-state index contributed by atoms with van der Waals surface area (Å²) in [5, 5.41) is 8.28.